The van der Waals surface area contributed by atoms with Crippen LogP contribution in [0.15, 0.2) is 40.6 Å². The third-order valence-electron chi connectivity index (χ3n) is 3.63. The van der Waals surface area contributed by atoms with E-state index in [1.165, 1.54) is 0 Å². The number of aliphatic hydroxyl groups excluding tert-OH is 1. The molecule has 2 aromatic rings. The highest BCUT2D eigenvalue weighted by molar-refractivity contribution is 5.77. The Morgan fingerprint density at radius 3 is 2.38 bits per heavy atom. The van der Waals surface area contributed by atoms with Gasteiger partial charge in [0.2, 0.25) is 0 Å². The first kappa shape index (κ1) is 19.3. The summed E-state index contributed by atoms with van der Waals surface area (Å²) in [7, 11) is 0. The number of nitrogens with two attached hydrogens (primary N) is 1. The first-order chi connectivity index (χ1) is 12.2. The van der Waals surface area contributed by atoms with E-state index in [1.807, 2.05) is 0 Å². The van der Waals surface area contributed by atoms with Crippen LogP contribution in [0.25, 0.3) is 0 Å². The van der Waals surface area contributed by atoms with E-state index >= 15 is 0 Å². The predicted octanol–water partition coefficient (Wildman–Crippen LogP) is 4.45. The normalized spacial score (nSPS) is 11.9. The van der Waals surface area contributed by atoms with Gasteiger partial charge in [-0.15, -0.1) is 5.11 Å². The topological polar surface area (TPSA) is 114 Å². The summed E-state index contributed by atoms with van der Waals surface area (Å²) in [5, 5.41) is 27.9. The monoisotopic (exact) mass is 368 g/mol. The van der Waals surface area contributed by atoms with Crippen LogP contribution in [0.2, 0.25) is 0 Å². The van der Waals surface area contributed by atoms with Crippen LogP contribution in [0.4, 0.5) is 35.9 Å². The first-order valence-electron chi connectivity index (χ1n) is 7.42. The van der Waals surface area contributed by atoms with E-state index in [1.54, 1.807) is 31.2 Å². The van der Waals surface area contributed by atoms with Crippen LogP contribution in [0.3, 0.4) is 0 Å². The van der Waals surface area contributed by atoms with Gasteiger partial charge in [0.05, 0.1) is 16.2 Å². The first-order valence-corrected chi connectivity index (χ1v) is 7.42. The molecule has 0 radical (unpaired) electrons. The average Bonchev–Trinajstić information content (AvgIpc) is 2.52. The third kappa shape index (κ3) is 3.97. The Bertz CT molecular complexity index is 867. The van der Waals surface area contributed by atoms with Crippen molar-refractivity contribution in [1.29, 1.82) is 0 Å². The molecule has 0 saturated carbocycles. The molecule has 26 heavy (non-hydrogen) atoms. The molecule has 2 aromatic carbocycles. The van der Waals surface area contributed by atoms with E-state index in [0.717, 1.165) is 11.6 Å². The van der Waals surface area contributed by atoms with Crippen LogP contribution in [0.5, 0.6) is 0 Å². The number of halogens is 3. The number of rotatable bonds is 5. The van der Waals surface area contributed by atoms with Crippen molar-refractivity contribution in [2.75, 3.05) is 12.3 Å². The Balaban J connectivity index is 2.69. The zero-order valence-corrected chi connectivity index (χ0v) is 13.6. The van der Waals surface area contributed by atoms with Crippen molar-refractivity contribution >= 4 is 22.7 Å². The number of azo groups is 1. The zero-order valence-electron chi connectivity index (χ0n) is 13.6. The van der Waals surface area contributed by atoms with Gasteiger partial charge in [-0.3, -0.25) is 10.1 Å². The number of anilines is 1. The fourth-order valence-corrected chi connectivity index (χ4v) is 2.44. The predicted molar refractivity (Wildman–Crippen MR) is 88.7 cm³/mol. The molecule has 0 unspecified atom stereocenters. The van der Waals surface area contributed by atoms with E-state index in [9.17, 15) is 23.3 Å². The maximum absolute atomic E-state index is 13.3. The molecule has 0 spiro atoms. The van der Waals surface area contributed by atoms with E-state index in [-0.39, 0.29) is 12.0 Å². The number of hydrogen-bond acceptors (Lipinski definition) is 6. The standard InChI is InChI=1S/C16H15F3N4O3/c1-9-4-2-3-5-11(9)21-22-12-8-10(6-7-24)13(16(17,18)19)14(20)15(12)23(25)26/h2-5,8,24H,6-7,20H2,1H3. The summed E-state index contributed by atoms with van der Waals surface area (Å²) in [4.78, 5) is 10.2. The summed E-state index contributed by atoms with van der Waals surface area (Å²) in [6, 6.07) is 7.66. The molecule has 0 atom stereocenters. The molecule has 10 heteroatoms. The summed E-state index contributed by atoms with van der Waals surface area (Å²) in [5.41, 5.74) is 2.43. The molecule has 2 rings (SSSR count). The quantitative estimate of drug-likeness (QED) is 0.351. The van der Waals surface area contributed by atoms with Crippen LogP contribution in [0.1, 0.15) is 16.7 Å². The van der Waals surface area contributed by atoms with E-state index in [2.05, 4.69) is 10.2 Å². The molecule has 0 aromatic heterocycles. The summed E-state index contributed by atoms with van der Waals surface area (Å²) < 4.78 is 39.8. The van der Waals surface area contributed by atoms with Gasteiger partial charge in [0.15, 0.2) is 5.69 Å². The Morgan fingerprint density at radius 2 is 1.85 bits per heavy atom. The highest BCUT2D eigenvalue weighted by atomic mass is 19.4. The van der Waals surface area contributed by atoms with Crippen LogP contribution >= 0.6 is 0 Å². The van der Waals surface area contributed by atoms with Gasteiger partial charge >= 0.3 is 11.9 Å². The lowest BCUT2D eigenvalue weighted by molar-refractivity contribution is -0.383. The number of nitro groups is 1. The molecule has 0 saturated heterocycles. The summed E-state index contributed by atoms with van der Waals surface area (Å²) in [6.45, 7) is 1.15. The smallest absolute Gasteiger partial charge is 0.396 e. The molecule has 7 nitrogen and oxygen atoms in total. The number of benzene rings is 2. The highest BCUT2D eigenvalue weighted by Crippen LogP contribution is 2.45. The second kappa shape index (κ2) is 7.48. The SMILES string of the molecule is Cc1ccccc1N=Nc1cc(CCO)c(C(F)(F)F)c(N)c1[N+](=O)[O-]. The molecular formula is C16H15F3N4O3. The number of alkyl halides is 3. The summed E-state index contributed by atoms with van der Waals surface area (Å²) >= 11 is 0. The van der Waals surface area contributed by atoms with Crippen molar-refractivity contribution in [3.05, 3.63) is 57.1 Å². The Hall–Kier alpha value is -3.01. The second-order valence-corrected chi connectivity index (χ2v) is 5.41. The molecule has 0 heterocycles. The number of aliphatic hydroxyl groups is 1. The number of hydrogen-bond donors (Lipinski definition) is 2. The average molecular weight is 368 g/mol. The lowest BCUT2D eigenvalue weighted by Crippen LogP contribution is -2.15. The van der Waals surface area contributed by atoms with Crippen molar-refractivity contribution < 1.29 is 23.2 Å². The minimum Gasteiger partial charge on any atom is -0.396 e. The summed E-state index contributed by atoms with van der Waals surface area (Å²) in [6.07, 6.45) is -5.30. The lowest BCUT2D eigenvalue weighted by atomic mass is 9.99. The van der Waals surface area contributed by atoms with Crippen LogP contribution in [0, 0.1) is 17.0 Å². The molecule has 0 aliphatic carbocycles. The van der Waals surface area contributed by atoms with E-state index < -0.39 is 40.3 Å². The van der Waals surface area contributed by atoms with Crippen LogP contribution in [-0.4, -0.2) is 16.6 Å². The van der Waals surface area contributed by atoms with Gasteiger partial charge in [-0.05, 0) is 36.6 Å². The van der Waals surface area contributed by atoms with Crippen LogP contribution < -0.4 is 5.73 Å². The molecule has 3 N–H and O–H groups in total. The van der Waals surface area contributed by atoms with Crippen molar-refractivity contribution in [2.45, 2.75) is 19.5 Å². The molecule has 0 aliphatic rings. The van der Waals surface area contributed by atoms with Gasteiger partial charge in [0.25, 0.3) is 0 Å². The molecule has 0 aliphatic heterocycles. The van der Waals surface area contributed by atoms with Gasteiger partial charge < -0.3 is 10.8 Å². The number of aryl methyl sites for hydroxylation is 1. The zero-order chi connectivity index (χ0) is 19.5. The largest absolute Gasteiger partial charge is 0.418 e. The summed E-state index contributed by atoms with van der Waals surface area (Å²) in [5.74, 6) is 0. The molecule has 0 fully saturated rings. The Labute approximate surface area is 146 Å². The van der Waals surface area contributed by atoms with Crippen molar-refractivity contribution in [2.24, 2.45) is 10.2 Å². The highest BCUT2D eigenvalue weighted by Gasteiger charge is 2.40. The van der Waals surface area contributed by atoms with Crippen molar-refractivity contribution in [3.8, 4) is 0 Å². The maximum atomic E-state index is 13.3. The fraction of sp³-hybridized carbons (Fsp3) is 0.250. The Kier molecular flexibility index (Phi) is 5.56. The fourth-order valence-electron chi connectivity index (χ4n) is 2.44. The van der Waals surface area contributed by atoms with Gasteiger partial charge in [-0.2, -0.15) is 18.3 Å². The minimum absolute atomic E-state index is 0.385. The molecule has 138 valence electrons. The number of nitro benzene ring substituents is 1. The lowest BCUT2D eigenvalue weighted by Gasteiger charge is -2.16. The molecule has 0 bridgehead atoms. The van der Waals surface area contributed by atoms with Gasteiger partial charge in [-0.25, -0.2) is 0 Å². The second-order valence-electron chi connectivity index (χ2n) is 5.41. The van der Waals surface area contributed by atoms with E-state index in [4.69, 9.17) is 10.8 Å². The van der Waals surface area contributed by atoms with Crippen LogP contribution in [-0.2, 0) is 12.6 Å². The number of nitrogen functional groups attached to an aromatic ring is 1. The van der Waals surface area contributed by atoms with Gasteiger partial charge in [-0.1, -0.05) is 18.2 Å². The Morgan fingerprint density at radius 1 is 1.23 bits per heavy atom. The van der Waals surface area contributed by atoms with Crippen molar-refractivity contribution in [3.63, 3.8) is 0 Å². The van der Waals surface area contributed by atoms with E-state index in [0.29, 0.717) is 5.69 Å². The van der Waals surface area contributed by atoms with Gasteiger partial charge in [0.1, 0.15) is 5.69 Å². The minimum atomic E-state index is -4.91. The van der Waals surface area contributed by atoms with Crippen molar-refractivity contribution in [1.82, 2.24) is 0 Å². The number of nitrogens with zero attached hydrogens (tertiary/aromatic N) is 3. The molecular weight excluding hydrogens is 353 g/mol. The maximum Gasteiger partial charge on any atom is 0.418 e. The third-order valence-corrected chi connectivity index (χ3v) is 3.63. The van der Waals surface area contributed by atoms with Gasteiger partial charge in [0, 0.05) is 6.61 Å². The molecule has 0 amide bonds.